The number of anilines is 1. The molecule has 170 valence electrons. The largest absolute Gasteiger partial charge is 0.378 e. The number of carbonyl (C=O) groups excluding carboxylic acids is 1. The summed E-state index contributed by atoms with van der Waals surface area (Å²) < 4.78 is 5.29. The van der Waals surface area contributed by atoms with Crippen LogP contribution in [0.25, 0.3) is 0 Å². The summed E-state index contributed by atoms with van der Waals surface area (Å²) in [6, 6.07) is 13.5. The van der Waals surface area contributed by atoms with Crippen LogP contribution in [0.1, 0.15) is 34.8 Å². The number of hydrogen-bond donors (Lipinski definition) is 1. The molecule has 2 heterocycles. The standard InChI is InChI=1S/C24H30N4O4/c1-2-21(27-10-9-18-5-3-4-6-20(18)17-27)16-25-22-8-7-19(15-23(22)28(30)31)24(29)26-11-13-32-14-12-26/h3-8,15,21,25H,2,9-14,16-17H2,1H3/t21-/m0/s1. The van der Waals surface area contributed by atoms with E-state index in [2.05, 4.69) is 41.4 Å². The second kappa shape index (κ2) is 10.1. The van der Waals surface area contributed by atoms with E-state index in [0.29, 0.717) is 44.1 Å². The zero-order valence-corrected chi connectivity index (χ0v) is 18.5. The number of rotatable bonds is 7. The summed E-state index contributed by atoms with van der Waals surface area (Å²) in [5.41, 5.74) is 3.48. The second-order valence-electron chi connectivity index (χ2n) is 8.33. The predicted molar refractivity (Wildman–Crippen MR) is 123 cm³/mol. The van der Waals surface area contributed by atoms with Gasteiger partial charge in [-0.05, 0) is 36.1 Å². The second-order valence-corrected chi connectivity index (χ2v) is 8.33. The quantitative estimate of drug-likeness (QED) is 0.527. The molecule has 1 fully saturated rings. The molecule has 0 bridgehead atoms. The maximum Gasteiger partial charge on any atom is 0.293 e. The molecule has 0 aliphatic carbocycles. The lowest BCUT2D eigenvalue weighted by Gasteiger charge is -2.35. The third-order valence-corrected chi connectivity index (χ3v) is 6.42. The Labute approximate surface area is 188 Å². The van der Waals surface area contributed by atoms with Crippen LogP contribution in [0.15, 0.2) is 42.5 Å². The number of nitrogens with zero attached hydrogens (tertiary/aromatic N) is 3. The monoisotopic (exact) mass is 438 g/mol. The molecular weight excluding hydrogens is 408 g/mol. The lowest BCUT2D eigenvalue weighted by Crippen LogP contribution is -2.42. The smallest absolute Gasteiger partial charge is 0.293 e. The van der Waals surface area contributed by atoms with Crippen molar-refractivity contribution in [1.29, 1.82) is 0 Å². The number of morpholine rings is 1. The van der Waals surface area contributed by atoms with E-state index in [-0.39, 0.29) is 17.6 Å². The normalized spacial score (nSPS) is 17.5. The van der Waals surface area contributed by atoms with Gasteiger partial charge in [0.05, 0.1) is 18.1 Å². The SMILES string of the molecule is CC[C@@H](CNc1ccc(C(=O)N2CCOCC2)cc1[N+](=O)[O-])N1CCc2ccccc2C1. The van der Waals surface area contributed by atoms with Gasteiger partial charge >= 0.3 is 0 Å². The van der Waals surface area contributed by atoms with Crippen LogP contribution in [0, 0.1) is 10.1 Å². The first-order valence-corrected chi connectivity index (χ1v) is 11.3. The highest BCUT2D eigenvalue weighted by molar-refractivity contribution is 5.95. The van der Waals surface area contributed by atoms with Crippen LogP contribution < -0.4 is 5.32 Å². The summed E-state index contributed by atoms with van der Waals surface area (Å²) in [4.78, 5) is 28.2. The first kappa shape index (κ1) is 22.2. The average molecular weight is 439 g/mol. The van der Waals surface area contributed by atoms with Crippen LogP contribution in [-0.2, 0) is 17.7 Å². The van der Waals surface area contributed by atoms with E-state index in [0.717, 1.165) is 25.9 Å². The van der Waals surface area contributed by atoms with Crippen molar-refractivity contribution in [1.82, 2.24) is 9.80 Å². The van der Waals surface area contributed by atoms with E-state index < -0.39 is 4.92 Å². The minimum absolute atomic E-state index is 0.0667. The molecule has 1 amide bonds. The Balaban J connectivity index is 1.45. The molecule has 8 nitrogen and oxygen atoms in total. The summed E-state index contributed by atoms with van der Waals surface area (Å²) in [5, 5.41) is 15.0. The number of fused-ring (bicyclic) bond motifs is 1. The number of ether oxygens (including phenoxy) is 1. The molecule has 2 aliphatic heterocycles. The summed E-state index contributed by atoms with van der Waals surface area (Å²) in [7, 11) is 0. The number of nitro groups is 1. The van der Waals surface area contributed by atoms with Gasteiger partial charge in [0.25, 0.3) is 11.6 Å². The third-order valence-electron chi connectivity index (χ3n) is 6.42. The highest BCUT2D eigenvalue weighted by atomic mass is 16.6. The molecule has 1 atom stereocenters. The van der Waals surface area contributed by atoms with Crippen molar-refractivity contribution in [3.8, 4) is 0 Å². The van der Waals surface area contributed by atoms with Crippen LogP contribution in [0.2, 0.25) is 0 Å². The lowest BCUT2D eigenvalue weighted by atomic mass is 9.98. The number of nitro benzene ring substituents is 1. The van der Waals surface area contributed by atoms with Crippen molar-refractivity contribution in [2.75, 3.05) is 44.7 Å². The zero-order chi connectivity index (χ0) is 22.5. The van der Waals surface area contributed by atoms with Crippen LogP contribution in [0.3, 0.4) is 0 Å². The van der Waals surface area contributed by atoms with Crippen molar-refractivity contribution in [2.45, 2.75) is 32.4 Å². The molecule has 2 aromatic rings. The first-order valence-electron chi connectivity index (χ1n) is 11.3. The fourth-order valence-electron chi connectivity index (χ4n) is 4.50. The molecule has 0 radical (unpaired) electrons. The molecule has 2 aliphatic rings. The van der Waals surface area contributed by atoms with Crippen LogP contribution >= 0.6 is 0 Å². The number of carbonyl (C=O) groups is 1. The van der Waals surface area contributed by atoms with E-state index >= 15 is 0 Å². The fourth-order valence-corrected chi connectivity index (χ4v) is 4.50. The molecule has 0 aromatic heterocycles. The summed E-state index contributed by atoms with van der Waals surface area (Å²) >= 11 is 0. The topological polar surface area (TPSA) is 88.0 Å². The molecular formula is C24H30N4O4. The number of benzene rings is 2. The van der Waals surface area contributed by atoms with Gasteiger partial charge in [0.2, 0.25) is 0 Å². The number of hydrogen-bond acceptors (Lipinski definition) is 6. The Kier molecular flexibility index (Phi) is 7.02. The van der Waals surface area contributed by atoms with Crippen LogP contribution in [0.4, 0.5) is 11.4 Å². The first-order chi connectivity index (χ1) is 15.6. The Morgan fingerprint density at radius 1 is 1.16 bits per heavy atom. The van der Waals surface area contributed by atoms with E-state index in [1.807, 2.05) is 0 Å². The Morgan fingerprint density at radius 2 is 1.91 bits per heavy atom. The summed E-state index contributed by atoms with van der Waals surface area (Å²) in [6.45, 7) is 6.62. The van der Waals surface area contributed by atoms with Crippen molar-refractivity contribution >= 4 is 17.3 Å². The summed E-state index contributed by atoms with van der Waals surface area (Å²) in [6.07, 6.45) is 1.96. The molecule has 1 saturated heterocycles. The van der Waals surface area contributed by atoms with Crippen molar-refractivity contribution in [3.05, 3.63) is 69.3 Å². The fraction of sp³-hybridized carbons (Fsp3) is 0.458. The molecule has 0 saturated carbocycles. The number of amides is 1. The average Bonchev–Trinajstić information content (AvgIpc) is 2.84. The molecule has 1 N–H and O–H groups in total. The molecule has 4 rings (SSSR count). The van der Waals surface area contributed by atoms with Crippen LogP contribution in [-0.4, -0.2) is 66.1 Å². The minimum atomic E-state index is -0.420. The molecule has 32 heavy (non-hydrogen) atoms. The van der Waals surface area contributed by atoms with E-state index in [1.54, 1.807) is 17.0 Å². The molecule has 0 spiro atoms. The van der Waals surface area contributed by atoms with Gasteiger partial charge in [-0.2, -0.15) is 0 Å². The van der Waals surface area contributed by atoms with Gasteiger partial charge in [0, 0.05) is 50.4 Å². The van der Waals surface area contributed by atoms with Gasteiger partial charge in [-0.1, -0.05) is 31.2 Å². The maximum atomic E-state index is 12.7. The van der Waals surface area contributed by atoms with E-state index in [4.69, 9.17) is 4.74 Å². The van der Waals surface area contributed by atoms with Crippen molar-refractivity contribution in [2.24, 2.45) is 0 Å². The Morgan fingerprint density at radius 3 is 2.62 bits per heavy atom. The zero-order valence-electron chi connectivity index (χ0n) is 18.5. The van der Waals surface area contributed by atoms with Crippen LogP contribution in [0.5, 0.6) is 0 Å². The third kappa shape index (κ3) is 4.92. The Bertz CT molecular complexity index is 974. The van der Waals surface area contributed by atoms with Crippen molar-refractivity contribution < 1.29 is 14.5 Å². The van der Waals surface area contributed by atoms with Gasteiger partial charge < -0.3 is 15.0 Å². The van der Waals surface area contributed by atoms with Gasteiger partial charge in [0.1, 0.15) is 5.69 Å². The van der Waals surface area contributed by atoms with Gasteiger partial charge in [-0.15, -0.1) is 0 Å². The van der Waals surface area contributed by atoms with E-state index in [1.165, 1.54) is 17.2 Å². The summed E-state index contributed by atoms with van der Waals surface area (Å²) in [5.74, 6) is -0.193. The maximum absolute atomic E-state index is 12.7. The molecule has 2 aromatic carbocycles. The molecule has 8 heteroatoms. The van der Waals surface area contributed by atoms with Gasteiger partial charge in [0.15, 0.2) is 0 Å². The Hall–Kier alpha value is -2.97. The van der Waals surface area contributed by atoms with Gasteiger partial charge in [-0.25, -0.2) is 0 Å². The highest BCUT2D eigenvalue weighted by Gasteiger charge is 2.25. The predicted octanol–water partition coefficient (Wildman–Crippen LogP) is 3.32. The van der Waals surface area contributed by atoms with Crippen molar-refractivity contribution in [3.63, 3.8) is 0 Å². The molecule has 0 unspecified atom stereocenters. The van der Waals surface area contributed by atoms with E-state index in [9.17, 15) is 14.9 Å². The lowest BCUT2D eigenvalue weighted by molar-refractivity contribution is -0.384. The minimum Gasteiger partial charge on any atom is -0.378 e. The highest BCUT2D eigenvalue weighted by Crippen LogP contribution is 2.27. The number of nitrogens with one attached hydrogen (secondary N) is 1. The van der Waals surface area contributed by atoms with Gasteiger partial charge in [-0.3, -0.25) is 19.8 Å².